The number of halogens is 1. The fourth-order valence-corrected chi connectivity index (χ4v) is 3.00. The zero-order valence-corrected chi connectivity index (χ0v) is 16.9. The van der Waals surface area contributed by atoms with Gasteiger partial charge in [-0.2, -0.15) is 0 Å². The molecule has 0 aliphatic heterocycles. The number of aryl methyl sites for hydroxylation is 2. The van der Waals surface area contributed by atoms with Crippen molar-refractivity contribution in [3.05, 3.63) is 70.9 Å². The average Bonchev–Trinajstić information content (AvgIpc) is 3.05. The van der Waals surface area contributed by atoms with Crippen molar-refractivity contribution in [3.63, 3.8) is 0 Å². The van der Waals surface area contributed by atoms with E-state index in [0.29, 0.717) is 35.1 Å². The summed E-state index contributed by atoms with van der Waals surface area (Å²) in [5, 5.41) is 3.91. The molecule has 0 N–H and O–H groups in total. The number of amides is 1. The number of carbonyl (C=O) groups is 1. The molecule has 3 rings (SSSR count). The molecule has 6 nitrogen and oxygen atoms in total. The predicted molar refractivity (Wildman–Crippen MR) is 107 cm³/mol. The van der Waals surface area contributed by atoms with Gasteiger partial charge in [-0.25, -0.2) is 4.39 Å². The maximum absolute atomic E-state index is 13.2. The Balaban J connectivity index is 1.81. The first-order valence-corrected chi connectivity index (χ1v) is 9.24. The molecule has 0 saturated carbocycles. The van der Waals surface area contributed by atoms with Gasteiger partial charge in [0, 0.05) is 17.8 Å². The maximum atomic E-state index is 13.2. The van der Waals surface area contributed by atoms with E-state index in [0.717, 1.165) is 11.3 Å². The van der Waals surface area contributed by atoms with Gasteiger partial charge in [0.1, 0.15) is 18.2 Å². The number of aromatic nitrogens is 1. The number of benzene rings is 2. The number of anilines is 1. The largest absolute Gasteiger partial charge is 0.493 e. The Morgan fingerprint density at radius 2 is 1.86 bits per heavy atom. The van der Waals surface area contributed by atoms with Crippen molar-refractivity contribution in [1.82, 2.24) is 5.16 Å². The highest BCUT2D eigenvalue weighted by Crippen LogP contribution is 2.30. The highest BCUT2D eigenvalue weighted by atomic mass is 19.1. The minimum atomic E-state index is -0.348. The molecule has 0 aliphatic rings. The van der Waals surface area contributed by atoms with Crippen LogP contribution in [0.1, 0.15) is 34.3 Å². The van der Waals surface area contributed by atoms with E-state index in [1.54, 1.807) is 35.2 Å². The van der Waals surface area contributed by atoms with Gasteiger partial charge in [-0.15, -0.1) is 0 Å². The van der Waals surface area contributed by atoms with E-state index >= 15 is 0 Å². The van der Waals surface area contributed by atoms with Gasteiger partial charge in [-0.3, -0.25) is 4.79 Å². The van der Waals surface area contributed by atoms with Crippen molar-refractivity contribution in [1.29, 1.82) is 0 Å². The molecule has 7 heteroatoms. The molecular formula is C22H23FN2O4. The summed E-state index contributed by atoms with van der Waals surface area (Å²) < 4.78 is 29.6. The van der Waals surface area contributed by atoms with Crippen molar-refractivity contribution in [2.75, 3.05) is 18.6 Å². The van der Waals surface area contributed by atoms with Crippen molar-refractivity contribution < 1.29 is 23.2 Å². The third kappa shape index (κ3) is 4.39. The van der Waals surface area contributed by atoms with E-state index < -0.39 is 0 Å². The second-order valence-corrected chi connectivity index (χ2v) is 6.48. The van der Waals surface area contributed by atoms with E-state index in [2.05, 4.69) is 5.16 Å². The summed E-state index contributed by atoms with van der Waals surface area (Å²) in [5.74, 6) is 1.09. The van der Waals surface area contributed by atoms with Gasteiger partial charge in [0.15, 0.2) is 11.5 Å². The molecule has 152 valence electrons. The van der Waals surface area contributed by atoms with Gasteiger partial charge in [-0.1, -0.05) is 5.16 Å². The molecule has 1 heterocycles. The van der Waals surface area contributed by atoms with Gasteiger partial charge in [0.05, 0.1) is 18.4 Å². The van der Waals surface area contributed by atoms with Gasteiger partial charge in [0.2, 0.25) is 0 Å². The predicted octanol–water partition coefficient (Wildman–Crippen LogP) is 4.68. The van der Waals surface area contributed by atoms with Crippen LogP contribution in [0, 0.1) is 19.7 Å². The van der Waals surface area contributed by atoms with Crippen LogP contribution in [-0.4, -0.2) is 24.7 Å². The molecule has 3 aromatic rings. The minimum Gasteiger partial charge on any atom is -0.493 e. The Bertz CT molecular complexity index is 979. The summed E-state index contributed by atoms with van der Waals surface area (Å²) in [6.07, 6.45) is 0. The fraction of sp³-hybridized carbons (Fsp3) is 0.273. The summed E-state index contributed by atoms with van der Waals surface area (Å²) in [4.78, 5) is 14.6. The Hall–Kier alpha value is -3.35. The van der Waals surface area contributed by atoms with Crippen LogP contribution >= 0.6 is 0 Å². The smallest absolute Gasteiger partial charge is 0.258 e. The average molecular weight is 398 g/mol. The molecule has 2 aromatic carbocycles. The topological polar surface area (TPSA) is 64.8 Å². The third-order valence-electron chi connectivity index (χ3n) is 4.66. The van der Waals surface area contributed by atoms with Crippen LogP contribution in [-0.2, 0) is 6.61 Å². The molecule has 0 spiro atoms. The number of carbonyl (C=O) groups excluding carboxylic acids is 1. The zero-order valence-electron chi connectivity index (χ0n) is 16.9. The van der Waals surface area contributed by atoms with Crippen molar-refractivity contribution in [3.8, 4) is 11.5 Å². The SMILES string of the molecule is CCN(C(=O)c1ccc(OCc2c(C)noc2C)c(OC)c1)c1ccc(F)cc1. The number of rotatable bonds is 7. The Morgan fingerprint density at radius 1 is 1.14 bits per heavy atom. The summed E-state index contributed by atoms with van der Waals surface area (Å²) in [5.41, 5.74) is 2.71. The van der Waals surface area contributed by atoms with Crippen LogP contribution in [0.4, 0.5) is 10.1 Å². The number of nitrogens with zero attached hydrogens (tertiary/aromatic N) is 2. The van der Waals surface area contributed by atoms with Gasteiger partial charge in [0.25, 0.3) is 5.91 Å². The van der Waals surface area contributed by atoms with Gasteiger partial charge >= 0.3 is 0 Å². The van der Waals surface area contributed by atoms with Crippen LogP contribution in [0.25, 0.3) is 0 Å². The number of ether oxygens (including phenoxy) is 2. The summed E-state index contributed by atoms with van der Waals surface area (Å²) in [7, 11) is 1.52. The second kappa shape index (κ2) is 8.77. The van der Waals surface area contributed by atoms with Gasteiger partial charge < -0.3 is 18.9 Å². The number of hydrogen-bond donors (Lipinski definition) is 0. The lowest BCUT2D eigenvalue weighted by Gasteiger charge is -2.21. The molecule has 1 aromatic heterocycles. The quantitative estimate of drug-likeness (QED) is 0.578. The molecule has 0 radical (unpaired) electrons. The Morgan fingerprint density at radius 3 is 2.45 bits per heavy atom. The van der Waals surface area contributed by atoms with E-state index in [9.17, 15) is 9.18 Å². The summed E-state index contributed by atoms with van der Waals surface area (Å²) >= 11 is 0. The normalized spacial score (nSPS) is 10.7. The van der Waals surface area contributed by atoms with E-state index in [4.69, 9.17) is 14.0 Å². The molecule has 0 fully saturated rings. The lowest BCUT2D eigenvalue weighted by atomic mass is 10.1. The minimum absolute atomic E-state index is 0.213. The van der Waals surface area contributed by atoms with Crippen molar-refractivity contribution >= 4 is 11.6 Å². The monoisotopic (exact) mass is 398 g/mol. The standard InChI is InChI=1S/C22H23FN2O4/c1-5-25(18-9-7-17(23)8-10-18)22(26)16-6-11-20(21(12-16)27-4)28-13-19-14(2)24-29-15(19)3/h6-12H,5,13H2,1-4H3. The molecule has 0 saturated heterocycles. The lowest BCUT2D eigenvalue weighted by Crippen LogP contribution is -2.30. The van der Waals surface area contributed by atoms with E-state index in [-0.39, 0.29) is 18.3 Å². The molecule has 0 aliphatic carbocycles. The van der Waals surface area contributed by atoms with Crippen LogP contribution in [0.5, 0.6) is 11.5 Å². The van der Waals surface area contributed by atoms with Crippen LogP contribution in [0.15, 0.2) is 47.0 Å². The first-order chi connectivity index (χ1) is 13.9. The molecule has 1 amide bonds. The molecular weight excluding hydrogens is 375 g/mol. The fourth-order valence-electron chi connectivity index (χ4n) is 3.00. The van der Waals surface area contributed by atoms with E-state index in [1.165, 1.54) is 19.2 Å². The van der Waals surface area contributed by atoms with Gasteiger partial charge in [-0.05, 0) is 63.2 Å². The van der Waals surface area contributed by atoms with Crippen molar-refractivity contribution in [2.24, 2.45) is 0 Å². The lowest BCUT2D eigenvalue weighted by molar-refractivity contribution is 0.0988. The number of hydrogen-bond acceptors (Lipinski definition) is 5. The molecule has 0 unspecified atom stereocenters. The zero-order chi connectivity index (χ0) is 21.0. The van der Waals surface area contributed by atoms with Crippen LogP contribution < -0.4 is 14.4 Å². The Labute approximate surface area is 168 Å². The third-order valence-corrected chi connectivity index (χ3v) is 4.66. The highest BCUT2D eigenvalue weighted by Gasteiger charge is 2.19. The Kier molecular flexibility index (Phi) is 6.16. The maximum Gasteiger partial charge on any atom is 0.258 e. The molecule has 29 heavy (non-hydrogen) atoms. The number of methoxy groups -OCH3 is 1. The van der Waals surface area contributed by atoms with Crippen LogP contribution in [0.2, 0.25) is 0 Å². The molecule has 0 bridgehead atoms. The summed E-state index contributed by atoms with van der Waals surface area (Å²) in [6.45, 7) is 6.26. The molecule has 0 atom stereocenters. The van der Waals surface area contributed by atoms with Crippen LogP contribution in [0.3, 0.4) is 0 Å². The summed E-state index contributed by atoms with van der Waals surface area (Å²) in [6, 6.07) is 10.8. The first-order valence-electron chi connectivity index (χ1n) is 9.24. The first kappa shape index (κ1) is 20.4. The second-order valence-electron chi connectivity index (χ2n) is 6.48. The highest BCUT2D eigenvalue weighted by molar-refractivity contribution is 6.06. The van der Waals surface area contributed by atoms with E-state index in [1.807, 2.05) is 20.8 Å². The van der Waals surface area contributed by atoms with Crippen molar-refractivity contribution in [2.45, 2.75) is 27.4 Å².